The van der Waals surface area contributed by atoms with Crippen molar-refractivity contribution in [2.45, 2.75) is 25.2 Å². The molecule has 0 atom stereocenters. The summed E-state index contributed by atoms with van der Waals surface area (Å²) < 4.78 is 92.9. The first-order chi connectivity index (χ1) is 19.0. The summed E-state index contributed by atoms with van der Waals surface area (Å²) in [5.41, 5.74) is 2.68. The lowest BCUT2D eigenvalue weighted by Gasteiger charge is -2.13. The van der Waals surface area contributed by atoms with Gasteiger partial charge in [-0.3, -0.25) is 0 Å². The molecular formula is C26H26ClF7N4O3. The Morgan fingerprint density at radius 2 is 1.66 bits per heavy atom. The number of hydrogen-bond acceptors (Lipinski definition) is 6. The summed E-state index contributed by atoms with van der Waals surface area (Å²) in [5.74, 6) is -1.72. The van der Waals surface area contributed by atoms with Crippen molar-refractivity contribution < 1.29 is 45.4 Å². The van der Waals surface area contributed by atoms with Crippen LogP contribution in [0.4, 0.5) is 30.7 Å². The van der Waals surface area contributed by atoms with Gasteiger partial charge < -0.3 is 20.5 Å². The number of aromatic nitrogens is 2. The maximum atomic E-state index is 13.2. The number of carbonyl (C=O) groups is 1. The summed E-state index contributed by atoms with van der Waals surface area (Å²) in [6.07, 6.45) is -7.71. The summed E-state index contributed by atoms with van der Waals surface area (Å²) in [7, 11) is 3.90. The van der Waals surface area contributed by atoms with Crippen molar-refractivity contribution in [2.24, 2.45) is 5.73 Å². The van der Waals surface area contributed by atoms with Crippen LogP contribution in [0.2, 0.25) is 5.02 Å². The van der Waals surface area contributed by atoms with Gasteiger partial charge in [-0.25, -0.2) is 14.2 Å². The van der Waals surface area contributed by atoms with Crippen molar-refractivity contribution in [3.8, 4) is 17.3 Å². The third-order valence-electron chi connectivity index (χ3n) is 5.24. The minimum absolute atomic E-state index is 0.0153. The number of rotatable bonds is 9. The van der Waals surface area contributed by atoms with E-state index in [1.807, 2.05) is 19.0 Å². The fourth-order valence-electron chi connectivity index (χ4n) is 3.35. The summed E-state index contributed by atoms with van der Waals surface area (Å²) in [5, 5.41) is 9.36. The van der Waals surface area contributed by atoms with Gasteiger partial charge in [0.2, 0.25) is 0 Å². The van der Waals surface area contributed by atoms with Crippen molar-refractivity contribution in [1.82, 2.24) is 14.9 Å². The second-order valence-corrected chi connectivity index (χ2v) is 9.21. The molecule has 0 unspecified atom stereocenters. The minimum atomic E-state index is -4.80. The summed E-state index contributed by atoms with van der Waals surface area (Å²) in [6, 6.07) is 5.18. The van der Waals surface area contributed by atoms with E-state index in [0.29, 0.717) is 24.3 Å². The largest absolute Gasteiger partial charge is 0.478 e. The standard InChI is InChI=1S/C16H17ClFN3O3.C10H9F6N/c1-21(2)6-3-7-24-16-19-9-12(15(22)23)14(20-16)11-5-4-10(18)8-13(11)17;11-9(12,13)7-3-6(1-2-17)4-8(5-7)10(14,15)16/h4-5,8-9H,3,6-7H2,1-2H3,(H,22,23);3-5H,1-2,17H2. The Labute approximate surface area is 235 Å². The van der Waals surface area contributed by atoms with E-state index in [1.165, 1.54) is 12.1 Å². The number of carboxylic acid groups (broad SMARTS) is 1. The molecule has 2 aromatic carbocycles. The molecule has 0 amide bonds. The molecule has 0 radical (unpaired) electrons. The van der Waals surface area contributed by atoms with Crippen molar-refractivity contribution in [1.29, 1.82) is 0 Å². The molecular weight excluding hydrogens is 585 g/mol. The molecule has 1 heterocycles. The maximum Gasteiger partial charge on any atom is 0.416 e. The number of halogens is 8. The van der Waals surface area contributed by atoms with Crippen LogP contribution >= 0.6 is 11.6 Å². The van der Waals surface area contributed by atoms with Crippen molar-refractivity contribution >= 4 is 17.6 Å². The van der Waals surface area contributed by atoms with Crippen LogP contribution in [0.25, 0.3) is 11.3 Å². The number of carboxylic acids is 1. The van der Waals surface area contributed by atoms with Gasteiger partial charge in [0.1, 0.15) is 11.4 Å². The Bertz CT molecular complexity index is 1300. The molecule has 41 heavy (non-hydrogen) atoms. The highest BCUT2D eigenvalue weighted by Gasteiger charge is 2.36. The van der Waals surface area contributed by atoms with Crippen LogP contribution in [0.15, 0.2) is 42.6 Å². The van der Waals surface area contributed by atoms with Crippen LogP contribution in [-0.2, 0) is 18.8 Å². The molecule has 15 heteroatoms. The average molecular weight is 611 g/mol. The molecule has 3 rings (SSSR count). The second-order valence-electron chi connectivity index (χ2n) is 8.80. The maximum absolute atomic E-state index is 13.2. The zero-order chi connectivity index (χ0) is 31.0. The highest BCUT2D eigenvalue weighted by molar-refractivity contribution is 6.33. The van der Waals surface area contributed by atoms with Gasteiger partial charge in [0.25, 0.3) is 0 Å². The van der Waals surface area contributed by atoms with E-state index in [4.69, 9.17) is 22.1 Å². The molecule has 0 bridgehead atoms. The van der Waals surface area contributed by atoms with E-state index in [-0.39, 0.29) is 46.9 Å². The van der Waals surface area contributed by atoms with Crippen LogP contribution in [0.1, 0.15) is 33.5 Å². The molecule has 0 saturated heterocycles. The van der Waals surface area contributed by atoms with E-state index < -0.39 is 35.3 Å². The topological polar surface area (TPSA) is 102 Å². The minimum Gasteiger partial charge on any atom is -0.478 e. The summed E-state index contributed by atoms with van der Waals surface area (Å²) >= 11 is 6.02. The molecule has 7 nitrogen and oxygen atoms in total. The average Bonchev–Trinajstić information content (AvgIpc) is 2.86. The number of benzene rings is 2. The fraction of sp³-hybridized carbons (Fsp3) is 0.346. The molecule has 0 aliphatic carbocycles. The Hall–Kier alpha value is -3.49. The van der Waals surface area contributed by atoms with E-state index >= 15 is 0 Å². The SMILES string of the molecule is CN(C)CCCOc1ncc(C(=O)O)c(-c2ccc(F)cc2Cl)n1.NCCc1cc(C(F)(F)F)cc(C(F)(F)F)c1. The van der Waals surface area contributed by atoms with Crippen LogP contribution in [0.3, 0.4) is 0 Å². The van der Waals surface area contributed by atoms with Gasteiger partial charge in [-0.05, 0) is 75.4 Å². The van der Waals surface area contributed by atoms with Gasteiger partial charge in [-0.15, -0.1) is 0 Å². The molecule has 0 aliphatic rings. The van der Waals surface area contributed by atoms with Gasteiger partial charge in [-0.2, -0.15) is 31.3 Å². The first-order valence-corrected chi connectivity index (χ1v) is 12.2. The predicted octanol–water partition coefficient (Wildman–Crippen LogP) is 6.19. The third kappa shape index (κ3) is 10.4. The zero-order valence-corrected chi connectivity index (χ0v) is 22.5. The molecule has 1 aromatic heterocycles. The normalized spacial score (nSPS) is 11.7. The lowest BCUT2D eigenvalue weighted by atomic mass is 10.0. The number of nitrogens with two attached hydrogens (primary N) is 1. The van der Waals surface area contributed by atoms with Gasteiger partial charge >= 0.3 is 24.3 Å². The summed E-state index contributed by atoms with van der Waals surface area (Å²) in [4.78, 5) is 21.4. The molecule has 0 saturated carbocycles. The third-order valence-corrected chi connectivity index (χ3v) is 5.56. The second kappa shape index (κ2) is 14.4. The number of hydrogen-bond donors (Lipinski definition) is 2. The van der Waals surface area contributed by atoms with Gasteiger partial charge in [0, 0.05) is 18.3 Å². The van der Waals surface area contributed by atoms with Crippen LogP contribution < -0.4 is 10.5 Å². The Balaban J connectivity index is 0.000000305. The van der Waals surface area contributed by atoms with E-state index in [9.17, 15) is 40.6 Å². The highest BCUT2D eigenvalue weighted by atomic mass is 35.5. The lowest BCUT2D eigenvalue weighted by Crippen LogP contribution is -2.16. The molecule has 3 N–H and O–H groups in total. The quantitative estimate of drug-likeness (QED) is 0.220. The molecule has 0 fully saturated rings. The van der Waals surface area contributed by atoms with E-state index in [1.54, 1.807) is 0 Å². The monoisotopic (exact) mass is 610 g/mol. The van der Waals surface area contributed by atoms with Crippen LogP contribution in [0, 0.1) is 5.82 Å². The Morgan fingerprint density at radius 1 is 1.05 bits per heavy atom. The zero-order valence-electron chi connectivity index (χ0n) is 21.8. The van der Waals surface area contributed by atoms with Gasteiger partial charge in [-0.1, -0.05) is 11.6 Å². The van der Waals surface area contributed by atoms with E-state index in [2.05, 4.69) is 9.97 Å². The molecule has 0 spiro atoms. The van der Waals surface area contributed by atoms with E-state index in [0.717, 1.165) is 25.2 Å². The molecule has 0 aliphatic heterocycles. The number of ether oxygens (including phenoxy) is 1. The van der Waals surface area contributed by atoms with Crippen molar-refractivity contribution in [3.05, 3.63) is 75.7 Å². The van der Waals surface area contributed by atoms with Gasteiger partial charge in [0.05, 0.1) is 28.5 Å². The lowest BCUT2D eigenvalue weighted by molar-refractivity contribution is -0.143. The summed E-state index contributed by atoms with van der Waals surface area (Å²) in [6.45, 7) is 1.21. The first kappa shape index (κ1) is 33.7. The Morgan fingerprint density at radius 3 is 2.15 bits per heavy atom. The van der Waals surface area contributed by atoms with Crippen LogP contribution in [0.5, 0.6) is 6.01 Å². The molecule has 3 aromatic rings. The van der Waals surface area contributed by atoms with Gasteiger partial charge in [0.15, 0.2) is 0 Å². The van der Waals surface area contributed by atoms with Crippen LogP contribution in [-0.4, -0.2) is 59.7 Å². The molecule has 224 valence electrons. The number of nitrogens with zero attached hydrogens (tertiary/aromatic N) is 3. The number of alkyl halides is 6. The predicted molar refractivity (Wildman–Crippen MR) is 137 cm³/mol. The Kier molecular flexibility index (Phi) is 11.9. The fourth-order valence-corrected chi connectivity index (χ4v) is 3.61. The number of aromatic carboxylic acids is 1. The van der Waals surface area contributed by atoms with Crippen molar-refractivity contribution in [2.75, 3.05) is 33.8 Å². The van der Waals surface area contributed by atoms with Crippen molar-refractivity contribution in [3.63, 3.8) is 0 Å². The smallest absolute Gasteiger partial charge is 0.416 e. The first-order valence-electron chi connectivity index (χ1n) is 11.8. The highest BCUT2D eigenvalue weighted by Crippen LogP contribution is 2.36.